The van der Waals surface area contributed by atoms with Crippen LogP contribution in [0.15, 0.2) is 18.2 Å². The molecule has 3 nitrogen and oxygen atoms in total. The Morgan fingerprint density at radius 3 is 2.39 bits per heavy atom. The van der Waals surface area contributed by atoms with Crippen molar-refractivity contribution in [1.82, 2.24) is 0 Å². The fraction of sp³-hybridized carbons (Fsp3) is 0.538. The van der Waals surface area contributed by atoms with Gasteiger partial charge in [-0.1, -0.05) is 0 Å². The summed E-state index contributed by atoms with van der Waals surface area (Å²) in [6.07, 6.45) is 2.17. The number of aliphatic hydroxyl groups is 1. The molecule has 0 amide bonds. The van der Waals surface area contributed by atoms with Crippen LogP contribution in [-0.2, 0) is 0 Å². The maximum absolute atomic E-state index is 12.8. The second kappa shape index (κ2) is 6.66. The molecule has 1 aromatic rings. The summed E-state index contributed by atoms with van der Waals surface area (Å²) in [6.45, 7) is 2.07. The maximum Gasteiger partial charge on any atom is 0.129 e. The third kappa shape index (κ3) is 5.42. The molecule has 0 aliphatic carbocycles. The van der Waals surface area contributed by atoms with E-state index in [1.165, 1.54) is 0 Å². The van der Waals surface area contributed by atoms with Gasteiger partial charge in [-0.2, -0.15) is 0 Å². The Hall–Kier alpha value is -1.20. The summed E-state index contributed by atoms with van der Waals surface area (Å²) < 4.78 is 30.9. The van der Waals surface area contributed by atoms with E-state index in [1.807, 2.05) is 0 Å². The molecule has 0 fully saturated rings. The number of benzene rings is 1. The van der Waals surface area contributed by atoms with E-state index < -0.39 is 17.2 Å². The molecule has 0 heterocycles. The Labute approximate surface area is 106 Å². The number of aliphatic hydroxyl groups excluding tert-OH is 1. The second-order valence-electron chi connectivity index (χ2n) is 4.72. The zero-order valence-electron chi connectivity index (χ0n) is 10.5. The summed E-state index contributed by atoms with van der Waals surface area (Å²) in [5.41, 5.74) is 5.18. The molecule has 1 unspecified atom stereocenters. The lowest BCUT2D eigenvalue weighted by atomic mass is 9.97. The lowest BCUT2D eigenvalue weighted by molar-refractivity contribution is 0.194. The summed E-state index contributed by atoms with van der Waals surface area (Å²) in [6, 6.07) is 3.08. The standard InChI is InChI=1S/C13H19F2NO2/c1-13(16,9-17)4-2-3-5-18-12-7-10(14)6-11(15)8-12/h6-8,17H,2-5,9,16H2,1H3. The highest BCUT2D eigenvalue weighted by Crippen LogP contribution is 2.16. The van der Waals surface area contributed by atoms with Crippen LogP contribution in [0.25, 0.3) is 0 Å². The molecule has 0 aliphatic rings. The van der Waals surface area contributed by atoms with Gasteiger partial charge in [0.25, 0.3) is 0 Å². The van der Waals surface area contributed by atoms with Crippen LogP contribution in [0.5, 0.6) is 5.75 Å². The van der Waals surface area contributed by atoms with E-state index >= 15 is 0 Å². The van der Waals surface area contributed by atoms with Crippen molar-refractivity contribution in [3.63, 3.8) is 0 Å². The van der Waals surface area contributed by atoms with E-state index in [4.69, 9.17) is 15.6 Å². The molecule has 0 bridgehead atoms. The van der Waals surface area contributed by atoms with Crippen molar-refractivity contribution in [2.45, 2.75) is 31.7 Å². The largest absolute Gasteiger partial charge is 0.493 e. The van der Waals surface area contributed by atoms with Crippen LogP contribution in [0.2, 0.25) is 0 Å². The lowest BCUT2D eigenvalue weighted by Gasteiger charge is -2.21. The Balaban J connectivity index is 2.26. The zero-order valence-corrected chi connectivity index (χ0v) is 10.5. The van der Waals surface area contributed by atoms with E-state index in [1.54, 1.807) is 6.92 Å². The van der Waals surface area contributed by atoms with Crippen molar-refractivity contribution in [2.24, 2.45) is 5.73 Å². The highest BCUT2D eigenvalue weighted by Gasteiger charge is 2.15. The molecule has 18 heavy (non-hydrogen) atoms. The van der Waals surface area contributed by atoms with Crippen molar-refractivity contribution in [3.8, 4) is 5.75 Å². The number of hydrogen-bond acceptors (Lipinski definition) is 3. The van der Waals surface area contributed by atoms with Crippen LogP contribution in [0.4, 0.5) is 8.78 Å². The van der Waals surface area contributed by atoms with Gasteiger partial charge in [0.05, 0.1) is 13.2 Å². The van der Waals surface area contributed by atoms with Gasteiger partial charge >= 0.3 is 0 Å². The number of hydrogen-bond donors (Lipinski definition) is 2. The zero-order chi connectivity index (χ0) is 13.6. The third-order valence-corrected chi connectivity index (χ3v) is 2.61. The normalized spacial score (nSPS) is 14.3. The fourth-order valence-corrected chi connectivity index (χ4v) is 1.51. The van der Waals surface area contributed by atoms with Crippen LogP contribution in [0, 0.1) is 11.6 Å². The van der Waals surface area contributed by atoms with Crippen LogP contribution < -0.4 is 10.5 Å². The lowest BCUT2D eigenvalue weighted by Crippen LogP contribution is -2.39. The Kier molecular flexibility index (Phi) is 5.50. The average Bonchev–Trinajstić information content (AvgIpc) is 2.27. The average molecular weight is 259 g/mol. The summed E-state index contributed by atoms with van der Waals surface area (Å²) in [5.74, 6) is -1.12. The van der Waals surface area contributed by atoms with E-state index in [0.717, 1.165) is 24.6 Å². The first-order valence-electron chi connectivity index (χ1n) is 5.91. The molecule has 1 rings (SSSR count). The molecule has 0 radical (unpaired) electrons. The molecule has 3 N–H and O–H groups in total. The van der Waals surface area contributed by atoms with Gasteiger partial charge in [-0.05, 0) is 26.2 Å². The quantitative estimate of drug-likeness (QED) is 0.738. The number of ether oxygens (including phenoxy) is 1. The van der Waals surface area contributed by atoms with Gasteiger partial charge in [0.15, 0.2) is 0 Å². The van der Waals surface area contributed by atoms with Crippen LogP contribution in [-0.4, -0.2) is 23.9 Å². The van der Waals surface area contributed by atoms with Gasteiger partial charge in [0, 0.05) is 23.7 Å². The first-order chi connectivity index (χ1) is 8.43. The number of unbranched alkanes of at least 4 members (excludes halogenated alkanes) is 1. The highest BCUT2D eigenvalue weighted by atomic mass is 19.1. The molecule has 0 spiro atoms. The van der Waals surface area contributed by atoms with Gasteiger partial charge in [0.1, 0.15) is 17.4 Å². The van der Waals surface area contributed by atoms with Gasteiger partial charge in [-0.15, -0.1) is 0 Å². The topological polar surface area (TPSA) is 55.5 Å². The second-order valence-corrected chi connectivity index (χ2v) is 4.72. The van der Waals surface area contributed by atoms with Crippen LogP contribution in [0.1, 0.15) is 26.2 Å². The molecule has 0 saturated heterocycles. The molecule has 1 atom stereocenters. The minimum Gasteiger partial charge on any atom is -0.493 e. The summed E-state index contributed by atoms with van der Waals surface area (Å²) >= 11 is 0. The first kappa shape index (κ1) is 14.9. The third-order valence-electron chi connectivity index (χ3n) is 2.61. The molecule has 0 aromatic heterocycles. The predicted octanol–water partition coefficient (Wildman–Crippen LogP) is 2.22. The maximum atomic E-state index is 12.8. The monoisotopic (exact) mass is 259 g/mol. The summed E-state index contributed by atoms with van der Waals surface area (Å²) in [4.78, 5) is 0. The van der Waals surface area contributed by atoms with Gasteiger partial charge < -0.3 is 15.6 Å². The van der Waals surface area contributed by atoms with Crippen LogP contribution in [0.3, 0.4) is 0 Å². The van der Waals surface area contributed by atoms with Gasteiger partial charge in [-0.25, -0.2) is 8.78 Å². The molecule has 102 valence electrons. The number of halogens is 2. The molecule has 0 aliphatic heterocycles. The Morgan fingerprint density at radius 2 is 1.83 bits per heavy atom. The molecular formula is C13H19F2NO2. The van der Waals surface area contributed by atoms with Crippen molar-refractivity contribution in [2.75, 3.05) is 13.2 Å². The Bertz CT molecular complexity index is 363. The highest BCUT2D eigenvalue weighted by molar-refractivity contribution is 5.23. The molecule has 0 saturated carbocycles. The predicted molar refractivity (Wildman–Crippen MR) is 65.4 cm³/mol. The first-order valence-corrected chi connectivity index (χ1v) is 5.91. The van der Waals surface area contributed by atoms with Crippen LogP contribution >= 0.6 is 0 Å². The fourth-order valence-electron chi connectivity index (χ4n) is 1.51. The minimum absolute atomic E-state index is 0.0665. The molecule has 1 aromatic carbocycles. The van der Waals surface area contributed by atoms with E-state index in [9.17, 15) is 8.78 Å². The SMILES string of the molecule is CC(N)(CO)CCCCOc1cc(F)cc(F)c1. The summed E-state index contributed by atoms with van der Waals surface area (Å²) in [5, 5.41) is 8.95. The van der Waals surface area contributed by atoms with Crippen molar-refractivity contribution in [1.29, 1.82) is 0 Å². The van der Waals surface area contributed by atoms with E-state index in [2.05, 4.69) is 0 Å². The molecule has 5 heteroatoms. The Morgan fingerprint density at radius 1 is 1.22 bits per heavy atom. The smallest absolute Gasteiger partial charge is 0.129 e. The number of nitrogens with two attached hydrogens (primary N) is 1. The van der Waals surface area contributed by atoms with Gasteiger partial charge in [-0.3, -0.25) is 0 Å². The van der Waals surface area contributed by atoms with E-state index in [-0.39, 0.29) is 12.4 Å². The van der Waals surface area contributed by atoms with Gasteiger partial charge in [0.2, 0.25) is 0 Å². The van der Waals surface area contributed by atoms with Crippen molar-refractivity contribution < 1.29 is 18.6 Å². The van der Waals surface area contributed by atoms with Crippen molar-refractivity contribution >= 4 is 0 Å². The molecular weight excluding hydrogens is 240 g/mol. The van der Waals surface area contributed by atoms with E-state index in [0.29, 0.717) is 19.4 Å². The number of rotatable bonds is 7. The minimum atomic E-state index is -0.653. The summed E-state index contributed by atoms with van der Waals surface area (Å²) in [7, 11) is 0. The van der Waals surface area contributed by atoms with Crippen molar-refractivity contribution in [3.05, 3.63) is 29.8 Å².